The molecule has 9 nitrogen and oxygen atoms in total. The van der Waals surface area contributed by atoms with E-state index in [0.717, 1.165) is 25.9 Å². The molecule has 39 heavy (non-hydrogen) atoms. The minimum atomic E-state index is -2.27. The third-order valence-electron chi connectivity index (χ3n) is 9.19. The molecule has 1 aromatic carbocycles. The van der Waals surface area contributed by atoms with E-state index in [-0.39, 0.29) is 46.6 Å². The number of piperidine rings is 1. The number of allylic oxidation sites excluding steroid dienone is 1. The Morgan fingerprint density at radius 2 is 1.90 bits per heavy atom. The van der Waals surface area contributed by atoms with Crippen LogP contribution in [0.15, 0.2) is 40.9 Å². The molecular formula is C29H36FN3O6. The van der Waals surface area contributed by atoms with Gasteiger partial charge in [0, 0.05) is 34.7 Å². The van der Waals surface area contributed by atoms with Crippen molar-refractivity contribution >= 4 is 11.7 Å². The predicted octanol–water partition coefficient (Wildman–Crippen LogP) is 2.48. The SMILES string of the molecule is C=C1C(C(N)=O)=C(O)[C@@H](N(C)C)[C@@H]2C[C@@H]3Cc4c(F)c(CN5CCC(C)CC5)cc(O)c4C(=O)C3=C(O)[C@]12O. The highest BCUT2D eigenvalue weighted by Crippen LogP contribution is 2.55. The number of aliphatic hydroxyl groups excluding tert-OH is 2. The lowest BCUT2D eigenvalue weighted by atomic mass is 9.57. The third-order valence-corrected chi connectivity index (χ3v) is 9.19. The topological polar surface area (TPSA) is 148 Å². The molecule has 0 saturated carbocycles. The highest BCUT2D eigenvalue weighted by Gasteiger charge is 2.60. The van der Waals surface area contributed by atoms with Crippen LogP contribution in [0, 0.1) is 23.6 Å². The summed E-state index contributed by atoms with van der Waals surface area (Å²) in [4.78, 5) is 29.7. The van der Waals surface area contributed by atoms with Gasteiger partial charge in [-0.2, -0.15) is 0 Å². The van der Waals surface area contributed by atoms with Crippen LogP contribution in [0.25, 0.3) is 0 Å². The first-order chi connectivity index (χ1) is 18.3. The average Bonchev–Trinajstić information content (AvgIpc) is 2.85. The molecule has 210 valence electrons. The standard InChI is InChI=1S/C29H36FN3O6/c1-13-5-7-33(8-6-13)12-16-11-19(34)22-17(23(16)30)9-15-10-18-24(32(3)4)26(36)20(28(31)38)14(2)29(18,39)27(37)21(15)25(22)35/h11,13,15,18,24,34,36-37,39H,2,5-10,12H2,1,3-4H3,(H2,31,38)/t15-,18-,24-,29-/m0/s1. The van der Waals surface area contributed by atoms with E-state index in [2.05, 4.69) is 18.4 Å². The van der Waals surface area contributed by atoms with E-state index in [1.54, 1.807) is 19.0 Å². The van der Waals surface area contributed by atoms with E-state index in [0.29, 0.717) is 18.0 Å². The molecule has 1 amide bonds. The van der Waals surface area contributed by atoms with E-state index in [9.17, 15) is 30.0 Å². The zero-order valence-electron chi connectivity index (χ0n) is 22.5. The number of primary amides is 1. The maximum Gasteiger partial charge on any atom is 0.252 e. The summed E-state index contributed by atoms with van der Waals surface area (Å²) >= 11 is 0. The second-order valence-corrected chi connectivity index (χ2v) is 11.8. The Labute approximate surface area is 226 Å². The average molecular weight is 542 g/mol. The number of amides is 1. The van der Waals surface area contributed by atoms with E-state index < -0.39 is 52.3 Å². The summed E-state index contributed by atoms with van der Waals surface area (Å²) in [5.41, 5.74) is 2.51. The molecule has 1 fully saturated rings. The Balaban J connectivity index is 1.60. The second kappa shape index (κ2) is 9.46. The Bertz CT molecular complexity index is 1340. The quantitative estimate of drug-likeness (QED) is 0.391. The number of aliphatic hydroxyl groups is 3. The number of nitrogens with two attached hydrogens (primary N) is 1. The fourth-order valence-corrected chi connectivity index (χ4v) is 7.10. The van der Waals surface area contributed by atoms with Crippen LogP contribution in [0.1, 0.15) is 47.7 Å². The first-order valence-electron chi connectivity index (χ1n) is 13.3. The molecule has 10 heteroatoms. The van der Waals surface area contributed by atoms with Crippen LogP contribution < -0.4 is 5.73 Å². The molecule has 0 spiro atoms. The van der Waals surface area contributed by atoms with E-state index in [4.69, 9.17) is 5.73 Å². The molecule has 4 atom stereocenters. The largest absolute Gasteiger partial charge is 0.510 e. The van der Waals surface area contributed by atoms with Gasteiger partial charge in [-0.05, 0) is 70.8 Å². The van der Waals surface area contributed by atoms with Crippen molar-refractivity contribution in [3.63, 3.8) is 0 Å². The van der Waals surface area contributed by atoms with Crippen LogP contribution in [-0.2, 0) is 17.8 Å². The van der Waals surface area contributed by atoms with Gasteiger partial charge in [0.2, 0.25) is 0 Å². The second-order valence-electron chi connectivity index (χ2n) is 11.8. The fourth-order valence-electron chi connectivity index (χ4n) is 7.10. The van der Waals surface area contributed by atoms with Crippen LogP contribution >= 0.6 is 0 Å². The number of carbonyl (C=O) groups is 2. The summed E-state index contributed by atoms with van der Waals surface area (Å²) < 4.78 is 15.9. The summed E-state index contributed by atoms with van der Waals surface area (Å²) in [6, 6.07) is 0.338. The van der Waals surface area contributed by atoms with Crippen molar-refractivity contribution in [2.45, 2.75) is 50.8 Å². The minimum Gasteiger partial charge on any atom is -0.510 e. The van der Waals surface area contributed by atoms with Gasteiger partial charge in [0.05, 0.1) is 17.2 Å². The number of fused-ring (bicyclic) bond motifs is 3. The normalized spacial score (nSPS) is 29.9. The molecule has 0 unspecified atom stereocenters. The van der Waals surface area contributed by atoms with Gasteiger partial charge in [0.25, 0.3) is 5.91 Å². The number of phenols is 1. The number of Topliss-reactive ketones (excluding diaryl/α,β-unsaturated/α-hetero) is 1. The number of nitrogens with zero attached hydrogens (tertiary/aromatic N) is 2. The van der Waals surface area contributed by atoms with Crippen molar-refractivity contribution < 1.29 is 34.4 Å². The Kier molecular flexibility index (Phi) is 6.64. The van der Waals surface area contributed by atoms with Gasteiger partial charge in [-0.1, -0.05) is 13.5 Å². The van der Waals surface area contributed by atoms with Gasteiger partial charge in [0.15, 0.2) is 11.4 Å². The highest BCUT2D eigenvalue weighted by atomic mass is 19.1. The maximum atomic E-state index is 15.9. The first kappa shape index (κ1) is 27.4. The maximum absolute atomic E-state index is 15.9. The monoisotopic (exact) mass is 541 g/mol. The number of hydrogen-bond donors (Lipinski definition) is 5. The lowest BCUT2D eigenvalue weighted by molar-refractivity contribution is -0.115. The molecule has 1 aliphatic heterocycles. The molecule has 1 aromatic rings. The number of ketones is 1. The van der Waals surface area contributed by atoms with Gasteiger partial charge in [-0.15, -0.1) is 0 Å². The van der Waals surface area contributed by atoms with Crippen molar-refractivity contribution in [2.24, 2.45) is 23.5 Å². The Morgan fingerprint density at radius 3 is 2.49 bits per heavy atom. The van der Waals surface area contributed by atoms with E-state index in [1.807, 2.05) is 0 Å². The van der Waals surface area contributed by atoms with Crippen LogP contribution in [-0.4, -0.2) is 80.7 Å². The van der Waals surface area contributed by atoms with Crippen molar-refractivity contribution in [3.05, 3.63) is 63.4 Å². The summed E-state index contributed by atoms with van der Waals surface area (Å²) in [5.74, 6) is -4.85. The molecule has 4 aliphatic rings. The molecule has 5 rings (SSSR count). The molecule has 0 bridgehead atoms. The van der Waals surface area contributed by atoms with Crippen molar-refractivity contribution in [2.75, 3.05) is 27.2 Å². The number of aromatic hydroxyl groups is 1. The van der Waals surface area contributed by atoms with Crippen molar-refractivity contribution in [3.8, 4) is 5.75 Å². The summed E-state index contributed by atoms with van der Waals surface area (Å²) in [6.07, 6.45) is 2.10. The number of likely N-dealkylation sites (N-methyl/N-ethyl adjacent to an activating group) is 1. The van der Waals surface area contributed by atoms with E-state index >= 15 is 4.39 Å². The number of halogens is 1. The number of hydrogen-bond acceptors (Lipinski definition) is 8. The van der Waals surface area contributed by atoms with Crippen LogP contribution in [0.2, 0.25) is 0 Å². The van der Waals surface area contributed by atoms with Gasteiger partial charge < -0.3 is 26.2 Å². The lowest BCUT2D eigenvalue weighted by Gasteiger charge is -2.52. The van der Waals surface area contributed by atoms with Gasteiger partial charge in [0.1, 0.15) is 23.1 Å². The molecule has 0 radical (unpaired) electrons. The number of rotatable bonds is 4. The Hall–Kier alpha value is -3.21. The van der Waals surface area contributed by atoms with E-state index in [1.165, 1.54) is 6.07 Å². The summed E-state index contributed by atoms with van der Waals surface area (Å²) in [7, 11) is 3.27. The number of carbonyl (C=O) groups excluding carboxylic acids is 2. The minimum absolute atomic E-state index is 0.0110. The third kappa shape index (κ3) is 3.99. The molecule has 1 saturated heterocycles. The Morgan fingerprint density at radius 1 is 1.26 bits per heavy atom. The lowest BCUT2D eigenvalue weighted by Crippen LogP contribution is -2.60. The van der Waals surface area contributed by atoms with Crippen molar-refractivity contribution in [1.29, 1.82) is 0 Å². The summed E-state index contributed by atoms with van der Waals surface area (Å²) in [5, 5.41) is 45.2. The van der Waals surface area contributed by atoms with Crippen LogP contribution in [0.3, 0.4) is 0 Å². The highest BCUT2D eigenvalue weighted by molar-refractivity contribution is 6.13. The summed E-state index contributed by atoms with van der Waals surface area (Å²) in [6.45, 7) is 7.91. The van der Waals surface area contributed by atoms with Crippen molar-refractivity contribution in [1.82, 2.24) is 9.80 Å². The molecular weight excluding hydrogens is 505 g/mol. The molecule has 1 heterocycles. The number of benzene rings is 1. The molecule has 0 aromatic heterocycles. The molecule has 6 N–H and O–H groups in total. The first-order valence-corrected chi connectivity index (χ1v) is 13.3. The molecule has 3 aliphatic carbocycles. The zero-order valence-corrected chi connectivity index (χ0v) is 22.5. The van der Waals surface area contributed by atoms with Crippen LogP contribution in [0.4, 0.5) is 4.39 Å². The van der Waals surface area contributed by atoms with Crippen LogP contribution in [0.5, 0.6) is 5.75 Å². The van der Waals surface area contributed by atoms with Gasteiger partial charge in [-0.3, -0.25) is 19.4 Å². The zero-order chi connectivity index (χ0) is 28.5. The number of phenolic OH excluding ortho intramolecular Hbond substituents is 1. The fraction of sp³-hybridized carbons (Fsp3) is 0.517. The van der Waals surface area contributed by atoms with Gasteiger partial charge in [-0.25, -0.2) is 4.39 Å². The smallest absolute Gasteiger partial charge is 0.252 e. The number of likely N-dealkylation sites (tertiary alicyclic amines) is 1. The predicted molar refractivity (Wildman–Crippen MR) is 141 cm³/mol. The van der Waals surface area contributed by atoms with Gasteiger partial charge >= 0.3 is 0 Å².